The zero-order chi connectivity index (χ0) is 34.5. The molecule has 0 aliphatic heterocycles. The second kappa shape index (κ2) is 14.6. The number of amides is 1. The van der Waals surface area contributed by atoms with E-state index in [-0.39, 0.29) is 36.9 Å². The van der Waals surface area contributed by atoms with Gasteiger partial charge < -0.3 is 20.1 Å². The number of ether oxygens (including phenoxy) is 1. The molecule has 12 heteroatoms. The second-order valence-corrected chi connectivity index (χ2v) is 14.9. The van der Waals surface area contributed by atoms with E-state index in [0.29, 0.717) is 16.7 Å². The highest BCUT2D eigenvalue weighted by Gasteiger charge is 2.38. The van der Waals surface area contributed by atoms with Crippen molar-refractivity contribution in [1.29, 1.82) is 0 Å². The van der Waals surface area contributed by atoms with Crippen LogP contribution in [-0.2, 0) is 26.0 Å². The molecular formula is C35H39F2N3O6S. The molecule has 3 atom stereocenters. The van der Waals surface area contributed by atoms with Crippen molar-refractivity contribution in [3.05, 3.63) is 113 Å². The highest BCUT2D eigenvalue weighted by molar-refractivity contribution is 7.91. The summed E-state index contributed by atoms with van der Waals surface area (Å²) < 4.78 is 58.6. The van der Waals surface area contributed by atoms with Crippen LogP contribution in [0.25, 0.3) is 11.1 Å². The summed E-state index contributed by atoms with van der Waals surface area (Å²) in [6, 6.07) is 15.1. The number of benzene rings is 3. The topological polar surface area (TPSA) is 138 Å². The first-order valence-electron chi connectivity index (χ1n) is 15.0. The predicted octanol–water partition coefficient (Wildman–Crippen LogP) is 6.04. The molecule has 1 aromatic heterocycles. The third kappa shape index (κ3) is 9.32. The van der Waals surface area contributed by atoms with Crippen molar-refractivity contribution in [3.8, 4) is 11.1 Å². The quantitative estimate of drug-likeness (QED) is 0.158. The molecule has 0 fully saturated rings. The number of hydrogen-bond donors (Lipinski definition) is 3. The van der Waals surface area contributed by atoms with Gasteiger partial charge in [-0.3, -0.25) is 4.79 Å². The molecule has 250 valence electrons. The lowest BCUT2D eigenvalue weighted by molar-refractivity contribution is -0.139. The van der Waals surface area contributed by atoms with E-state index in [1.807, 2.05) is 6.92 Å². The van der Waals surface area contributed by atoms with Crippen LogP contribution < -0.4 is 5.32 Å². The summed E-state index contributed by atoms with van der Waals surface area (Å²) >= 11 is 0. The zero-order valence-electron chi connectivity index (χ0n) is 26.9. The number of rotatable bonds is 13. The van der Waals surface area contributed by atoms with Gasteiger partial charge in [0.15, 0.2) is 9.84 Å². The number of carbonyl (C=O) groups is 2. The number of aromatic amines is 1. The molecule has 0 radical (unpaired) electrons. The Kier molecular flexibility index (Phi) is 11.0. The van der Waals surface area contributed by atoms with E-state index in [4.69, 9.17) is 4.74 Å². The van der Waals surface area contributed by atoms with Gasteiger partial charge in [0.1, 0.15) is 23.5 Å². The molecule has 3 aromatic carbocycles. The number of aliphatic carboxylic acids is 1. The lowest BCUT2D eigenvalue weighted by atomic mass is 9.87. The van der Waals surface area contributed by atoms with Crippen LogP contribution in [0.4, 0.5) is 8.78 Å². The van der Waals surface area contributed by atoms with Crippen molar-refractivity contribution in [2.24, 2.45) is 5.41 Å². The van der Waals surface area contributed by atoms with Crippen LogP contribution in [-0.4, -0.2) is 59.5 Å². The fraction of sp³-hybridized carbons (Fsp3) is 0.343. The molecular weight excluding hydrogens is 628 g/mol. The third-order valence-corrected chi connectivity index (χ3v) is 9.88. The van der Waals surface area contributed by atoms with Gasteiger partial charge in [-0.15, -0.1) is 0 Å². The van der Waals surface area contributed by atoms with Crippen LogP contribution in [0.1, 0.15) is 66.1 Å². The highest BCUT2D eigenvalue weighted by Crippen LogP contribution is 2.31. The Morgan fingerprint density at radius 1 is 1.00 bits per heavy atom. The number of sulfone groups is 1. The lowest BCUT2D eigenvalue weighted by Gasteiger charge is -2.31. The average Bonchev–Trinajstić information content (AvgIpc) is 3.42. The minimum absolute atomic E-state index is 0.121. The number of nitrogens with one attached hydrogen (secondary N) is 2. The van der Waals surface area contributed by atoms with Gasteiger partial charge in [-0.05, 0) is 77.4 Å². The third-order valence-electron chi connectivity index (χ3n) is 7.94. The molecule has 0 aliphatic carbocycles. The lowest BCUT2D eigenvalue weighted by Crippen LogP contribution is -2.47. The van der Waals surface area contributed by atoms with E-state index in [2.05, 4.69) is 15.3 Å². The molecule has 0 saturated carbocycles. The van der Waals surface area contributed by atoms with Crippen LogP contribution in [0.5, 0.6) is 0 Å². The first kappa shape index (κ1) is 35.4. The number of H-pyrrole nitrogens is 1. The summed E-state index contributed by atoms with van der Waals surface area (Å²) in [6.45, 7) is 7.27. The van der Waals surface area contributed by atoms with Gasteiger partial charge in [-0.2, -0.15) is 0 Å². The molecule has 1 heterocycles. The average molecular weight is 668 g/mol. The van der Waals surface area contributed by atoms with Crippen LogP contribution in [0, 0.1) is 24.0 Å². The maximum atomic E-state index is 13.8. The molecule has 4 aromatic rings. The van der Waals surface area contributed by atoms with E-state index in [1.165, 1.54) is 42.5 Å². The zero-order valence-corrected chi connectivity index (χ0v) is 27.7. The van der Waals surface area contributed by atoms with Gasteiger partial charge in [0.05, 0.1) is 18.5 Å². The van der Waals surface area contributed by atoms with Crippen molar-refractivity contribution in [2.75, 3.05) is 12.9 Å². The molecule has 0 saturated heterocycles. The van der Waals surface area contributed by atoms with Crippen molar-refractivity contribution >= 4 is 21.7 Å². The van der Waals surface area contributed by atoms with Crippen molar-refractivity contribution in [2.45, 2.75) is 57.9 Å². The summed E-state index contributed by atoms with van der Waals surface area (Å²) in [5, 5.41) is 11.4. The molecule has 47 heavy (non-hydrogen) atoms. The fourth-order valence-corrected chi connectivity index (χ4v) is 7.39. The second-order valence-electron chi connectivity index (χ2n) is 12.7. The minimum Gasteiger partial charge on any atom is -0.480 e. The molecule has 0 spiro atoms. The normalized spacial score (nSPS) is 13.9. The maximum Gasteiger partial charge on any atom is 0.326 e. The number of carboxylic acids is 1. The van der Waals surface area contributed by atoms with E-state index in [1.54, 1.807) is 51.2 Å². The SMILES string of the molecule is Cc1ncc(C(COCc2ccc(C(=O)N[C@@H](CC(C(C)(C)C)S(C)(=O)=O)C(=O)O)c(-c3ccc(F)cc3)c2)c2ccc(F)cc2)[nH]1. The Labute approximate surface area is 273 Å². The van der Waals surface area contributed by atoms with Gasteiger partial charge in [0.25, 0.3) is 5.91 Å². The molecule has 4 rings (SSSR count). The van der Waals surface area contributed by atoms with E-state index in [9.17, 15) is 31.9 Å². The van der Waals surface area contributed by atoms with Crippen molar-refractivity contribution in [3.63, 3.8) is 0 Å². The van der Waals surface area contributed by atoms with Crippen LogP contribution in [0.2, 0.25) is 0 Å². The van der Waals surface area contributed by atoms with E-state index < -0.39 is 44.2 Å². The Morgan fingerprint density at radius 3 is 2.15 bits per heavy atom. The standard InChI is InChI=1S/C35H39F2N3O6S/c1-21-38-18-31(39-21)29(24-9-13-26(37)14-10-24)20-46-19-22-6-15-27(28(16-22)23-7-11-25(36)12-8-23)33(41)40-30(34(42)43)17-32(35(2,3)4)47(5,44)45/h6-16,18,29-30,32H,17,19-20H2,1-5H3,(H,38,39)(H,40,41)(H,42,43)/t29?,30-,32?/m0/s1. The number of aromatic nitrogens is 2. The number of carbonyl (C=O) groups excluding carboxylic acids is 1. The molecule has 9 nitrogen and oxygen atoms in total. The first-order chi connectivity index (χ1) is 22.0. The largest absolute Gasteiger partial charge is 0.480 e. The van der Waals surface area contributed by atoms with Crippen LogP contribution in [0.3, 0.4) is 0 Å². The van der Waals surface area contributed by atoms with Crippen molar-refractivity contribution < 1.29 is 36.6 Å². The first-order valence-corrected chi connectivity index (χ1v) is 16.9. The summed E-state index contributed by atoms with van der Waals surface area (Å²) in [5.41, 5.74) is 2.55. The number of imidazole rings is 1. The Balaban J connectivity index is 1.60. The van der Waals surface area contributed by atoms with E-state index >= 15 is 0 Å². The molecule has 0 aliphatic rings. The summed E-state index contributed by atoms with van der Waals surface area (Å²) in [6.07, 6.45) is 2.43. The maximum absolute atomic E-state index is 13.8. The van der Waals surface area contributed by atoms with Crippen LogP contribution in [0.15, 0.2) is 72.9 Å². The summed E-state index contributed by atoms with van der Waals surface area (Å²) in [5.74, 6) is -2.47. The van der Waals surface area contributed by atoms with Crippen LogP contribution >= 0.6 is 0 Å². The summed E-state index contributed by atoms with van der Waals surface area (Å²) in [7, 11) is -3.65. The number of aryl methyl sites for hydroxylation is 1. The fourth-order valence-electron chi connectivity index (χ4n) is 5.56. The Bertz CT molecular complexity index is 1820. The van der Waals surface area contributed by atoms with Gasteiger partial charge in [0, 0.05) is 29.6 Å². The number of hydrogen-bond acceptors (Lipinski definition) is 6. The molecule has 1 amide bonds. The van der Waals surface area contributed by atoms with Gasteiger partial charge >= 0.3 is 5.97 Å². The molecule has 0 bridgehead atoms. The van der Waals surface area contributed by atoms with E-state index in [0.717, 1.165) is 23.3 Å². The van der Waals surface area contributed by atoms with Gasteiger partial charge in [0.2, 0.25) is 0 Å². The highest BCUT2D eigenvalue weighted by atomic mass is 32.2. The minimum atomic E-state index is -3.65. The smallest absolute Gasteiger partial charge is 0.326 e. The molecule has 2 unspecified atom stereocenters. The van der Waals surface area contributed by atoms with Gasteiger partial charge in [-0.25, -0.2) is 27.0 Å². The number of halogens is 2. The summed E-state index contributed by atoms with van der Waals surface area (Å²) in [4.78, 5) is 33.3. The predicted molar refractivity (Wildman–Crippen MR) is 175 cm³/mol. The van der Waals surface area contributed by atoms with Crippen molar-refractivity contribution in [1.82, 2.24) is 15.3 Å². The monoisotopic (exact) mass is 667 g/mol. The van der Waals surface area contributed by atoms with Gasteiger partial charge in [-0.1, -0.05) is 51.1 Å². The Morgan fingerprint density at radius 2 is 1.62 bits per heavy atom. The molecule has 3 N–H and O–H groups in total. The Hall–Kier alpha value is -4.42. The number of carboxylic acid groups (broad SMARTS) is 1. The number of nitrogens with zero attached hydrogens (tertiary/aromatic N) is 1.